The number of nitrogens with zero attached hydrogens (tertiary/aromatic N) is 6. The normalized spacial score (nSPS) is 26.1. The van der Waals surface area contributed by atoms with Crippen LogP contribution in [0.15, 0.2) is 0 Å². The van der Waals surface area contributed by atoms with Crippen LogP contribution in [0.25, 0.3) is 0 Å². The third kappa shape index (κ3) is 2.88. The molecule has 0 aromatic carbocycles. The molecular weight excluding hydrogens is 266 g/mol. The number of rotatable bonds is 3. The van der Waals surface area contributed by atoms with E-state index < -0.39 is 0 Å². The minimum atomic E-state index is 0.322. The van der Waals surface area contributed by atoms with Gasteiger partial charge in [0.1, 0.15) is 0 Å². The quantitative estimate of drug-likeness (QED) is 0.866. The highest BCUT2D eigenvalue weighted by Crippen LogP contribution is 2.25. The van der Waals surface area contributed by atoms with Crippen LogP contribution in [-0.2, 0) is 0 Å². The van der Waals surface area contributed by atoms with Gasteiger partial charge in [-0.3, -0.25) is 0 Å². The van der Waals surface area contributed by atoms with Crippen molar-refractivity contribution in [3.05, 3.63) is 0 Å². The summed E-state index contributed by atoms with van der Waals surface area (Å²) in [5.74, 6) is 2.37. The molecule has 2 N–H and O–H groups in total. The number of aromatic nitrogens is 3. The lowest BCUT2D eigenvalue weighted by Crippen LogP contribution is -2.34. The Labute approximate surface area is 126 Å². The van der Waals surface area contributed by atoms with Crippen molar-refractivity contribution in [2.75, 3.05) is 55.8 Å². The maximum absolute atomic E-state index is 5.90. The van der Waals surface area contributed by atoms with Gasteiger partial charge in [-0.05, 0) is 32.9 Å². The fraction of sp³-hybridized carbons (Fsp3) is 0.786. The lowest BCUT2D eigenvalue weighted by molar-refractivity contribution is 0.266. The number of hydrogen-bond acceptors (Lipinski definition) is 7. The molecule has 2 unspecified atom stereocenters. The molecule has 3 rings (SSSR count). The average molecular weight is 291 g/mol. The Bertz CT molecular complexity index is 498. The first-order chi connectivity index (χ1) is 10.0. The van der Waals surface area contributed by atoms with Gasteiger partial charge in [0.15, 0.2) is 0 Å². The van der Waals surface area contributed by atoms with Crippen molar-refractivity contribution in [1.82, 2.24) is 19.9 Å². The topological polar surface area (TPSA) is 74.4 Å². The van der Waals surface area contributed by atoms with Crippen molar-refractivity contribution in [2.24, 2.45) is 5.92 Å². The van der Waals surface area contributed by atoms with E-state index in [0.717, 1.165) is 38.1 Å². The largest absolute Gasteiger partial charge is 0.368 e. The molecule has 0 spiro atoms. The first-order valence-electron chi connectivity index (χ1n) is 7.72. The minimum Gasteiger partial charge on any atom is -0.368 e. The van der Waals surface area contributed by atoms with Crippen LogP contribution in [0.1, 0.15) is 19.8 Å². The molecule has 2 atom stereocenters. The molecule has 2 aliphatic heterocycles. The molecule has 116 valence electrons. The molecule has 2 fully saturated rings. The van der Waals surface area contributed by atoms with Crippen LogP contribution in [0, 0.1) is 5.92 Å². The van der Waals surface area contributed by atoms with E-state index in [2.05, 4.69) is 50.7 Å². The summed E-state index contributed by atoms with van der Waals surface area (Å²) in [5, 5.41) is 0. The van der Waals surface area contributed by atoms with Crippen LogP contribution >= 0.6 is 0 Å². The fourth-order valence-electron chi connectivity index (χ4n) is 3.35. The first kappa shape index (κ1) is 14.3. The Kier molecular flexibility index (Phi) is 3.84. The molecule has 0 radical (unpaired) electrons. The smallest absolute Gasteiger partial charge is 0.232 e. The summed E-state index contributed by atoms with van der Waals surface area (Å²) >= 11 is 0. The van der Waals surface area contributed by atoms with E-state index >= 15 is 0 Å². The highest BCUT2D eigenvalue weighted by atomic mass is 15.4. The molecule has 0 saturated carbocycles. The zero-order chi connectivity index (χ0) is 15.0. The van der Waals surface area contributed by atoms with Crippen molar-refractivity contribution >= 4 is 17.8 Å². The van der Waals surface area contributed by atoms with Gasteiger partial charge in [-0.15, -0.1) is 0 Å². The summed E-state index contributed by atoms with van der Waals surface area (Å²) in [7, 11) is 4.25. The van der Waals surface area contributed by atoms with Gasteiger partial charge in [0.05, 0.1) is 0 Å². The maximum atomic E-state index is 5.90. The first-order valence-corrected chi connectivity index (χ1v) is 7.72. The Morgan fingerprint density at radius 2 is 1.62 bits per heavy atom. The lowest BCUT2D eigenvalue weighted by atomic mass is 10.1. The molecule has 2 aliphatic rings. The Hall–Kier alpha value is -1.63. The van der Waals surface area contributed by atoms with Gasteiger partial charge in [-0.2, -0.15) is 15.0 Å². The predicted octanol–water partition coefficient (Wildman–Crippen LogP) is 0.440. The molecular formula is C14H25N7. The Morgan fingerprint density at radius 1 is 1.00 bits per heavy atom. The van der Waals surface area contributed by atoms with Crippen LogP contribution in [-0.4, -0.2) is 66.2 Å². The Balaban J connectivity index is 1.82. The maximum Gasteiger partial charge on any atom is 0.232 e. The standard InChI is InChI=1S/C14H25N7/c1-10-8-21(9-11(10)19(2)3)14-17-12(15)16-13(18-14)20-6-4-5-7-20/h10-11H,4-9H2,1-3H3,(H2,15,16,17,18). The number of nitrogens with two attached hydrogens (primary N) is 1. The second kappa shape index (κ2) is 5.63. The number of hydrogen-bond donors (Lipinski definition) is 1. The van der Waals surface area contributed by atoms with Crippen LogP contribution in [0.2, 0.25) is 0 Å². The molecule has 1 aromatic heterocycles. The second-order valence-electron chi connectivity index (χ2n) is 6.40. The van der Waals surface area contributed by atoms with Crippen molar-refractivity contribution in [1.29, 1.82) is 0 Å². The van der Waals surface area contributed by atoms with Gasteiger partial charge in [0, 0.05) is 32.2 Å². The van der Waals surface area contributed by atoms with Crippen LogP contribution < -0.4 is 15.5 Å². The summed E-state index contributed by atoms with van der Waals surface area (Å²) < 4.78 is 0. The SMILES string of the molecule is CC1CN(c2nc(N)nc(N3CCCC3)n2)CC1N(C)C. The number of likely N-dealkylation sites (N-methyl/N-ethyl adjacent to an activating group) is 1. The minimum absolute atomic E-state index is 0.322. The highest BCUT2D eigenvalue weighted by molar-refractivity contribution is 5.45. The van der Waals surface area contributed by atoms with Crippen molar-refractivity contribution in [2.45, 2.75) is 25.8 Å². The van der Waals surface area contributed by atoms with E-state index in [1.165, 1.54) is 12.8 Å². The molecule has 1 aromatic rings. The molecule has 0 aliphatic carbocycles. The molecule has 0 amide bonds. The third-order valence-electron chi connectivity index (χ3n) is 4.54. The highest BCUT2D eigenvalue weighted by Gasteiger charge is 2.33. The zero-order valence-electron chi connectivity index (χ0n) is 13.2. The van der Waals surface area contributed by atoms with Crippen LogP contribution in [0.4, 0.5) is 17.8 Å². The summed E-state index contributed by atoms with van der Waals surface area (Å²) in [6.07, 6.45) is 2.40. The van der Waals surface area contributed by atoms with Gasteiger partial charge < -0.3 is 20.4 Å². The van der Waals surface area contributed by atoms with Gasteiger partial charge in [-0.1, -0.05) is 6.92 Å². The third-order valence-corrected chi connectivity index (χ3v) is 4.54. The van der Waals surface area contributed by atoms with Crippen LogP contribution in [0.5, 0.6) is 0 Å². The van der Waals surface area contributed by atoms with Crippen molar-refractivity contribution < 1.29 is 0 Å². The summed E-state index contributed by atoms with van der Waals surface area (Å²) in [5.41, 5.74) is 5.90. The van der Waals surface area contributed by atoms with Crippen molar-refractivity contribution in [3.8, 4) is 0 Å². The predicted molar refractivity (Wildman–Crippen MR) is 84.5 cm³/mol. The number of nitrogen functional groups attached to an aromatic ring is 1. The molecule has 2 saturated heterocycles. The molecule has 3 heterocycles. The Morgan fingerprint density at radius 3 is 2.19 bits per heavy atom. The second-order valence-corrected chi connectivity index (χ2v) is 6.40. The van der Waals surface area contributed by atoms with Crippen molar-refractivity contribution in [3.63, 3.8) is 0 Å². The summed E-state index contributed by atoms with van der Waals surface area (Å²) in [4.78, 5) is 20.0. The lowest BCUT2D eigenvalue weighted by Gasteiger charge is -2.23. The summed E-state index contributed by atoms with van der Waals surface area (Å²) in [6.45, 7) is 6.21. The van der Waals surface area contributed by atoms with E-state index in [1.54, 1.807) is 0 Å². The van der Waals surface area contributed by atoms with Gasteiger partial charge in [-0.25, -0.2) is 0 Å². The van der Waals surface area contributed by atoms with Crippen LogP contribution in [0.3, 0.4) is 0 Å². The molecule has 21 heavy (non-hydrogen) atoms. The van der Waals surface area contributed by atoms with E-state index in [0.29, 0.717) is 17.9 Å². The molecule has 7 nitrogen and oxygen atoms in total. The monoisotopic (exact) mass is 291 g/mol. The molecule has 0 bridgehead atoms. The van der Waals surface area contributed by atoms with Gasteiger partial charge in [0.25, 0.3) is 0 Å². The zero-order valence-corrected chi connectivity index (χ0v) is 13.2. The average Bonchev–Trinajstić information content (AvgIpc) is 3.06. The fourth-order valence-corrected chi connectivity index (χ4v) is 3.35. The van der Waals surface area contributed by atoms with E-state index in [1.807, 2.05) is 0 Å². The van der Waals surface area contributed by atoms with E-state index in [4.69, 9.17) is 5.73 Å². The molecule has 7 heteroatoms. The van der Waals surface area contributed by atoms with E-state index in [-0.39, 0.29) is 0 Å². The van der Waals surface area contributed by atoms with Gasteiger partial charge in [0.2, 0.25) is 17.8 Å². The number of anilines is 3. The van der Waals surface area contributed by atoms with Gasteiger partial charge >= 0.3 is 0 Å². The van der Waals surface area contributed by atoms with E-state index in [9.17, 15) is 0 Å². The summed E-state index contributed by atoms with van der Waals surface area (Å²) in [6, 6.07) is 0.526.